The topological polar surface area (TPSA) is 55.5 Å². The first-order chi connectivity index (χ1) is 9.64. The quantitative estimate of drug-likeness (QED) is 0.890. The Hall–Kier alpha value is -0.580. The monoisotopic (exact) mass is 339 g/mol. The Morgan fingerprint density at radius 3 is 3.00 bits per heavy atom. The van der Waals surface area contributed by atoms with E-state index < -0.39 is 0 Å². The Bertz CT molecular complexity index is 505. The SMILES string of the molecule is NCC1(Cc2cc(Br)cc3c2OCC3)CCCCC1O. The molecule has 3 rings (SSSR count). The number of halogens is 1. The molecule has 0 spiro atoms. The van der Waals surface area contributed by atoms with Crippen LogP contribution in [0.3, 0.4) is 0 Å². The van der Waals surface area contributed by atoms with Crippen molar-refractivity contribution >= 4 is 15.9 Å². The highest BCUT2D eigenvalue weighted by Crippen LogP contribution is 2.42. The molecule has 0 aromatic heterocycles. The minimum atomic E-state index is -0.294. The molecule has 1 fully saturated rings. The molecule has 1 heterocycles. The van der Waals surface area contributed by atoms with Crippen LogP contribution in [-0.4, -0.2) is 24.4 Å². The molecule has 1 aliphatic carbocycles. The van der Waals surface area contributed by atoms with Gasteiger partial charge >= 0.3 is 0 Å². The summed E-state index contributed by atoms with van der Waals surface area (Å²) >= 11 is 3.59. The number of ether oxygens (including phenoxy) is 1. The summed E-state index contributed by atoms with van der Waals surface area (Å²) in [6, 6.07) is 4.27. The fourth-order valence-corrected chi connectivity index (χ4v) is 4.21. The number of hydrogen-bond donors (Lipinski definition) is 2. The third-order valence-corrected chi connectivity index (χ3v) is 5.34. The maximum atomic E-state index is 10.5. The fourth-order valence-electron chi connectivity index (χ4n) is 3.66. The average Bonchev–Trinajstić information content (AvgIpc) is 2.89. The van der Waals surface area contributed by atoms with E-state index in [1.807, 2.05) is 0 Å². The molecule has 0 bridgehead atoms. The van der Waals surface area contributed by atoms with Crippen molar-refractivity contribution in [3.63, 3.8) is 0 Å². The molecule has 110 valence electrons. The van der Waals surface area contributed by atoms with E-state index in [1.54, 1.807) is 0 Å². The number of nitrogens with two attached hydrogens (primary N) is 1. The van der Waals surface area contributed by atoms with Crippen LogP contribution in [0, 0.1) is 5.41 Å². The summed E-state index contributed by atoms with van der Waals surface area (Å²) in [4.78, 5) is 0. The van der Waals surface area contributed by atoms with Gasteiger partial charge in [-0.1, -0.05) is 28.8 Å². The van der Waals surface area contributed by atoms with Crippen LogP contribution in [0.4, 0.5) is 0 Å². The highest BCUT2D eigenvalue weighted by Gasteiger charge is 2.39. The summed E-state index contributed by atoms with van der Waals surface area (Å²) in [6.45, 7) is 1.30. The molecule has 2 atom stereocenters. The van der Waals surface area contributed by atoms with Crippen LogP contribution in [0.15, 0.2) is 16.6 Å². The van der Waals surface area contributed by atoms with Crippen molar-refractivity contribution in [1.82, 2.24) is 0 Å². The molecule has 1 aliphatic heterocycles. The van der Waals surface area contributed by atoms with Gasteiger partial charge < -0.3 is 15.6 Å². The Labute approximate surface area is 128 Å². The summed E-state index contributed by atoms with van der Waals surface area (Å²) < 4.78 is 6.90. The third kappa shape index (κ3) is 2.49. The first-order valence-electron chi connectivity index (χ1n) is 7.47. The van der Waals surface area contributed by atoms with Gasteiger partial charge in [0.25, 0.3) is 0 Å². The lowest BCUT2D eigenvalue weighted by atomic mass is 9.68. The summed E-state index contributed by atoms with van der Waals surface area (Å²) in [5.74, 6) is 1.03. The molecular formula is C16H22BrNO2. The second-order valence-electron chi connectivity index (χ2n) is 6.16. The van der Waals surface area contributed by atoms with E-state index >= 15 is 0 Å². The average molecular weight is 340 g/mol. The molecule has 3 N–H and O–H groups in total. The van der Waals surface area contributed by atoms with Gasteiger partial charge in [-0.2, -0.15) is 0 Å². The van der Waals surface area contributed by atoms with Crippen molar-refractivity contribution in [3.8, 4) is 5.75 Å². The van der Waals surface area contributed by atoms with E-state index in [1.165, 1.54) is 11.1 Å². The van der Waals surface area contributed by atoms with Gasteiger partial charge in [-0.15, -0.1) is 0 Å². The van der Waals surface area contributed by atoms with Crippen LogP contribution < -0.4 is 10.5 Å². The minimum Gasteiger partial charge on any atom is -0.493 e. The highest BCUT2D eigenvalue weighted by atomic mass is 79.9. The van der Waals surface area contributed by atoms with Crippen molar-refractivity contribution in [2.75, 3.05) is 13.2 Å². The van der Waals surface area contributed by atoms with Crippen molar-refractivity contribution in [1.29, 1.82) is 0 Å². The van der Waals surface area contributed by atoms with Gasteiger partial charge in [0.1, 0.15) is 5.75 Å². The summed E-state index contributed by atoms with van der Waals surface area (Å²) in [7, 11) is 0. The number of benzene rings is 1. The predicted octanol–water partition coefficient (Wildman–Crippen LogP) is 2.81. The van der Waals surface area contributed by atoms with Crippen LogP contribution in [0.2, 0.25) is 0 Å². The second-order valence-corrected chi connectivity index (χ2v) is 7.07. The molecular weight excluding hydrogens is 318 g/mol. The molecule has 1 aromatic carbocycles. The number of aliphatic hydroxyl groups excluding tert-OH is 1. The summed E-state index contributed by atoms with van der Waals surface area (Å²) in [5.41, 5.74) is 8.33. The molecule has 1 aromatic rings. The molecule has 0 amide bonds. The van der Waals surface area contributed by atoms with Crippen LogP contribution in [0.5, 0.6) is 5.75 Å². The van der Waals surface area contributed by atoms with Gasteiger partial charge in [-0.05, 0) is 42.5 Å². The maximum absolute atomic E-state index is 10.5. The highest BCUT2D eigenvalue weighted by molar-refractivity contribution is 9.10. The lowest BCUT2D eigenvalue weighted by Crippen LogP contribution is -2.45. The van der Waals surface area contributed by atoms with Crippen molar-refractivity contribution in [2.45, 2.75) is 44.6 Å². The molecule has 0 radical (unpaired) electrons. The number of fused-ring (bicyclic) bond motifs is 1. The zero-order valence-electron chi connectivity index (χ0n) is 11.7. The first-order valence-corrected chi connectivity index (χ1v) is 8.26. The molecule has 1 saturated carbocycles. The number of hydrogen-bond acceptors (Lipinski definition) is 3. The standard InChI is InChI=1S/C16H22BrNO2/c17-13-7-11-4-6-20-15(11)12(8-13)9-16(10-18)5-2-1-3-14(16)19/h7-8,14,19H,1-6,9-10,18H2. The van der Waals surface area contributed by atoms with Gasteiger partial charge in [-0.3, -0.25) is 0 Å². The van der Waals surface area contributed by atoms with Crippen molar-refractivity contribution in [3.05, 3.63) is 27.7 Å². The van der Waals surface area contributed by atoms with E-state index in [2.05, 4.69) is 28.1 Å². The summed E-state index contributed by atoms with van der Waals surface area (Å²) in [6.07, 6.45) is 5.63. The molecule has 2 aliphatic rings. The van der Waals surface area contributed by atoms with Crippen LogP contribution in [0.1, 0.15) is 36.8 Å². The molecule has 20 heavy (non-hydrogen) atoms. The maximum Gasteiger partial charge on any atom is 0.125 e. The molecule has 3 nitrogen and oxygen atoms in total. The van der Waals surface area contributed by atoms with E-state index in [0.29, 0.717) is 6.54 Å². The normalized spacial score (nSPS) is 29.1. The van der Waals surface area contributed by atoms with Gasteiger partial charge in [-0.25, -0.2) is 0 Å². The largest absolute Gasteiger partial charge is 0.493 e. The molecule has 4 heteroatoms. The molecule has 2 unspecified atom stereocenters. The van der Waals surface area contributed by atoms with E-state index in [9.17, 15) is 5.11 Å². The lowest BCUT2D eigenvalue weighted by molar-refractivity contribution is -0.00614. The Morgan fingerprint density at radius 2 is 2.25 bits per heavy atom. The Morgan fingerprint density at radius 1 is 1.40 bits per heavy atom. The molecule has 0 saturated heterocycles. The van der Waals surface area contributed by atoms with Gasteiger partial charge in [0.15, 0.2) is 0 Å². The van der Waals surface area contributed by atoms with Crippen LogP contribution in [-0.2, 0) is 12.8 Å². The zero-order chi connectivity index (χ0) is 14.2. The van der Waals surface area contributed by atoms with Gasteiger partial charge in [0, 0.05) is 22.9 Å². The van der Waals surface area contributed by atoms with E-state index in [4.69, 9.17) is 10.5 Å². The van der Waals surface area contributed by atoms with Crippen LogP contribution in [0.25, 0.3) is 0 Å². The Kier molecular flexibility index (Phi) is 4.07. The van der Waals surface area contributed by atoms with E-state index in [0.717, 1.165) is 55.4 Å². The van der Waals surface area contributed by atoms with Gasteiger partial charge in [0.2, 0.25) is 0 Å². The van der Waals surface area contributed by atoms with Crippen LogP contribution >= 0.6 is 15.9 Å². The Balaban J connectivity index is 1.93. The van der Waals surface area contributed by atoms with E-state index in [-0.39, 0.29) is 11.5 Å². The predicted molar refractivity (Wildman–Crippen MR) is 83.0 cm³/mol. The fraction of sp³-hybridized carbons (Fsp3) is 0.625. The number of rotatable bonds is 3. The zero-order valence-corrected chi connectivity index (χ0v) is 13.3. The summed E-state index contributed by atoms with van der Waals surface area (Å²) in [5, 5.41) is 10.5. The smallest absolute Gasteiger partial charge is 0.125 e. The second kappa shape index (κ2) is 5.66. The lowest BCUT2D eigenvalue weighted by Gasteiger charge is -2.41. The first kappa shape index (κ1) is 14.4. The van der Waals surface area contributed by atoms with Gasteiger partial charge in [0.05, 0.1) is 12.7 Å². The third-order valence-electron chi connectivity index (χ3n) is 4.88. The van der Waals surface area contributed by atoms with Crippen molar-refractivity contribution < 1.29 is 9.84 Å². The van der Waals surface area contributed by atoms with Crippen molar-refractivity contribution in [2.24, 2.45) is 11.1 Å². The minimum absolute atomic E-state index is 0.182. The number of aliphatic hydroxyl groups is 1.